The Labute approximate surface area is 82.1 Å². The van der Waals surface area contributed by atoms with E-state index in [2.05, 4.69) is 19.2 Å². The molecule has 0 saturated carbocycles. The third-order valence-corrected chi connectivity index (χ3v) is 2.72. The fourth-order valence-electron chi connectivity index (χ4n) is 1.61. The lowest BCUT2D eigenvalue weighted by Crippen LogP contribution is -2.43. The lowest BCUT2D eigenvalue weighted by molar-refractivity contribution is 0.202. The first-order chi connectivity index (χ1) is 6.24. The predicted octanol–water partition coefficient (Wildman–Crippen LogP) is 3.15. The van der Waals surface area contributed by atoms with Crippen LogP contribution in [0.2, 0.25) is 0 Å². The van der Waals surface area contributed by atoms with Crippen LogP contribution in [0, 0.1) is 5.92 Å². The molecule has 0 aromatic carbocycles. The Hall–Kier alpha value is -0.110. The first kappa shape index (κ1) is 12.9. The Balaban J connectivity index is 0.000000671. The van der Waals surface area contributed by atoms with Crippen molar-refractivity contribution in [2.45, 2.75) is 59.2 Å². The maximum absolute atomic E-state index is 12.7. The fourth-order valence-corrected chi connectivity index (χ4v) is 1.61. The van der Waals surface area contributed by atoms with Gasteiger partial charge in [-0.05, 0) is 18.8 Å². The number of hydrogen-bond acceptors (Lipinski definition) is 1. The van der Waals surface area contributed by atoms with Gasteiger partial charge in [0.05, 0.1) is 0 Å². The summed E-state index contributed by atoms with van der Waals surface area (Å²) in [7, 11) is 0. The molecule has 2 heteroatoms. The maximum Gasteiger partial charge on any atom is 0.113 e. The van der Waals surface area contributed by atoms with E-state index in [4.69, 9.17) is 0 Å². The van der Waals surface area contributed by atoms with Crippen molar-refractivity contribution in [3.63, 3.8) is 0 Å². The molecule has 13 heavy (non-hydrogen) atoms. The Morgan fingerprint density at radius 1 is 1.38 bits per heavy atom. The Morgan fingerprint density at radius 3 is 2.38 bits per heavy atom. The normalized spacial score (nSPS) is 30.2. The van der Waals surface area contributed by atoms with Gasteiger partial charge in [-0.1, -0.05) is 34.1 Å². The van der Waals surface area contributed by atoms with Crippen molar-refractivity contribution in [3.05, 3.63) is 0 Å². The average molecular weight is 189 g/mol. The van der Waals surface area contributed by atoms with Gasteiger partial charge in [0.1, 0.15) is 6.17 Å². The van der Waals surface area contributed by atoms with Gasteiger partial charge in [0, 0.05) is 12.6 Å². The highest BCUT2D eigenvalue weighted by atomic mass is 19.1. The summed E-state index contributed by atoms with van der Waals surface area (Å²) in [5.74, 6) is 0.697. The highest BCUT2D eigenvalue weighted by Gasteiger charge is 2.22. The molecule has 0 bridgehead atoms. The van der Waals surface area contributed by atoms with Gasteiger partial charge in [-0.3, -0.25) is 0 Å². The molecule has 1 fully saturated rings. The van der Waals surface area contributed by atoms with Gasteiger partial charge in [0.2, 0.25) is 0 Å². The first-order valence-corrected chi connectivity index (χ1v) is 5.61. The molecule has 0 radical (unpaired) electrons. The minimum Gasteiger partial charge on any atom is -0.311 e. The van der Waals surface area contributed by atoms with Gasteiger partial charge < -0.3 is 5.32 Å². The smallest absolute Gasteiger partial charge is 0.113 e. The molecule has 1 aliphatic rings. The standard InChI is InChI=1S/C9H18FN.C2H6/c1-3-7(2)9-5-4-8(10)6-11-9;1-2/h7-9,11H,3-6H2,1-2H3;1-2H3. The van der Waals surface area contributed by atoms with E-state index < -0.39 is 6.17 Å². The predicted molar refractivity (Wildman–Crippen MR) is 56.7 cm³/mol. The zero-order valence-electron chi connectivity index (χ0n) is 9.44. The van der Waals surface area contributed by atoms with Gasteiger partial charge in [0.15, 0.2) is 0 Å². The van der Waals surface area contributed by atoms with Crippen molar-refractivity contribution < 1.29 is 4.39 Å². The summed E-state index contributed by atoms with van der Waals surface area (Å²) in [6.07, 6.45) is 2.35. The van der Waals surface area contributed by atoms with E-state index in [-0.39, 0.29) is 0 Å². The van der Waals surface area contributed by atoms with Crippen LogP contribution in [0.4, 0.5) is 4.39 Å². The second-order valence-corrected chi connectivity index (χ2v) is 3.57. The van der Waals surface area contributed by atoms with Crippen molar-refractivity contribution in [1.29, 1.82) is 0 Å². The molecule has 0 aromatic heterocycles. The van der Waals surface area contributed by atoms with Crippen molar-refractivity contribution >= 4 is 0 Å². The summed E-state index contributed by atoms with van der Waals surface area (Å²) >= 11 is 0. The van der Waals surface area contributed by atoms with Crippen molar-refractivity contribution in [2.24, 2.45) is 5.92 Å². The van der Waals surface area contributed by atoms with Crippen molar-refractivity contribution in [1.82, 2.24) is 5.32 Å². The fraction of sp³-hybridized carbons (Fsp3) is 1.00. The Bertz CT molecular complexity index is 109. The van der Waals surface area contributed by atoms with Gasteiger partial charge in [-0.2, -0.15) is 0 Å². The zero-order valence-corrected chi connectivity index (χ0v) is 9.44. The van der Waals surface area contributed by atoms with Crippen LogP contribution in [0.25, 0.3) is 0 Å². The maximum atomic E-state index is 12.7. The molecule has 0 aliphatic carbocycles. The quantitative estimate of drug-likeness (QED) is 0.703. The monoisotopic (exact) mass is 189 g/mol. The van der Waals surface area contributed by atoms with E-state index >= 15 is 0 Å². The van der Waals surface area contributed by atoms with Crippen LogP contribution in [-0.4, -0.2) is 18.8 Å². The second-order valence-electron chi connectivity index (χ2n) is 3.57. The molecular weight excluding hydrogens is 165 g/mol. The summed E-state index contributed by atoms with van der Waals surface area (Å²) < 4.78 is 12.7. The largest absolute Gasteiger partial charge is 0.311 e. The average Bonchev–Trinajstić information content (AvgIpc) is 2.21. The number of nitrogens with one attached hydrogen (secondary N) is 1. The molecule has 1 heterocycles. The minimum atomic E-state index is -0.602. The van der Waals surface area contributed by atoms with Crippen LogP contribution >= 0.6 is 0 Å². The third-order valence-electron chi connectivity index (χ3n) is 2.72. The van der Waals surface area contributed by atoms with Gasteiger partial charge in [-0.15, -0.1) is 0 Å². The third kappa shape index (κ3) is 4.61. The molecule has 0 amide bonds. The van der Waals surface area contributed by atoms with E-state index in [1.165, 1.54) is 6.42 Å². The van der Waals surface area contributed by atoms with E-state index in [1.807, 2.05) is 13.8 Å². The van der Waals surface area contributed by atoms with E-state index in [0.29, 0.717) is 18.5 Å². The van der Waals surface area contributed by atoms with Crippen LogP contribution in [0.1, 0.15) is 47.0 Å². The SMILES string of the molecule is CC.CCC(C)C1CCC(F)CN1. The highest BCUT2D eigenvalue weighted by Crippen LogP contribution is 2.18. The van der Waals surface area contributed by atoms with Crippen LogP contribution in [0.5, 0.6) is 0 Å². The number of halogens is 1. The van der Waals surface area contributed by atoms with Crippen LogP contribution < -0.4 is 5.32 Å². The van der Waals surface area contributed by atoms with Gasteiger partial charge in [-0.25, -0.2) is 4.39 Å². The lowest BCUT2D eigenvalue weighted by Gasteiger charge is -2.30. The number of rotatable bonds is 2. The van der Waals surface area contributed by atoms with Crippen molar-refractivity contribution in [2.75, 3.05) is 6.54 Å². The molecule has 1 aliphatic heterocycles. The van der Waals surface area contributed by atoms with E-state index in [0.717, 1.165) is 12.8 Å². The molecular formula is C11H24FN. The molecule has 80 valence electrons. The second kappa shape index (κ2) is 7.31. The molecule has 0 spiro atoms. The molecule has 1 rings (SSSR count). The van der Waals surface area contributed by atoms with Crippen LogP contribution in [0.3, 0.4) is 0 Å². The molecule has 3 unspecified atom stereocenters. The summed E-state index contributed by atoms with van der Waals surface area (Å²) in [6, 6.07) is 0.562. The topological polar surface area (TPSA) is 12.0 Å². The number of hydrogen-bond donors (Lipinski definition) is 1. The molecule has 1 N–H and O–H groups in total. The van der Waals surface area contributed by atoms with Gasteiger partial charge >= 0.3 is 0 Å². The summed E-state index contributed by atoms with van der Waals surface area (Å²) in [5, 5.41) is 3.24. The molecule has 0 aromatic rings. The lowest BCUT2D eigenvalue weighted by atomic mass is 9.91. The molecule has 1 saturated heterocycles. The summed E-state index contributed by atoms with van der Waals surface area (Å²) in [6.45, 7) is 8.99. The Kier molecular flexibility index (Phi) is 7.25. The molecule has 3 atom stereocenters. The van der Waals surface area contributed by atoms with Crippen molar-refractivity contribution in [3.8, 4) is 0 Å². The Morgan fingerprint density at radius 2 is 2.00 bits per heavy atom. The molecule has 1 nitrogen and oxygen atoms in total. The zero-order chi connectivity index (χ0) is 10.3. The first-order valence-electron chi connectivity index (χ1n) is 5.61. The number of piperidine rings is 1. The summed E-state index contributed by atoms with van der Waals surface area (Å²) in [5.41, 5.74) is 0. The number of alkyl halides is 1. The van der Waals surface area contributed by atoms with Crippen LogP contribution in [-0.2, 0) is 0 Å². The van der Waals surface area contributed by atoms with E-state index in [1.54, 1.807) is 0 Å². The van der Waals surface area contributed by atoms with Gasteiger partial charge in [0.25, 0.3) is 0 Å². The minimum absolute atomic E-state index is 0.562. The van der Waals surface area contributed by atoms with E-state index in [9.17, 15) is 4.39 Å². The van der Waals surface area contributed by atoms with Crippen LogP contribution in [0.15, 0.2) is 0 Å². The summed E-state index contributed by atoms with van der Waals surface area (Å²) in [4.78, 5) is 0. The highest BCUT2D eigenvalue weighted by molar-refractivity contribution is 4.80.